The summed E-state index contributed by atoms with van der Waals surface area (Å²) in [6.45, 7) is 2.21. The summed E-state index contributed by atoms with van der Waals surface area (Å²) in [6, 6.07) is 11.6. The number of hydrogen-bond donors (Lipinski definition) is 2. The monoisotopic (exact) mass is 480 g/mol. The quantitative estimate of drug-likeness (QED) is 0.549. The summed E-state index contributed by atoms with van der Waals surface area (Å²) in [4.78, 5) is 50.3. The van der Waals surface area contributed by atoms with Crippen LogP contribution in [0, 0.1) is 6.92 Å². The molecule has 1 saturated heterocycles. The van der Waals surface area contributed by atoms with E-state index in [1.54, 1.807) is 34.9 Å². The highest BCUT2D eigenvalue weighted by atomic mass is 35.5. The highest BCUT2D eigenvalue weighted by molar-refractivity contribution is 6.31. The second-order valence-corrected chi connectivity index (χ2v) is 8.81. The molecule has 2 aliphatic heterocycles. The molecule has 1 unspecified atom stereocenters. The molecule has 2 aromatic carbocycles. The lowest BCUT2D eigenvalue weighted by Crippen LogP contribution is -2.52. The molecule has 10 heteroatoms. The molecule has 174 valence electrons. The van der Waals surface area contributed by atoms with Crippen LogP contribution in [0.4, 0.5) is 15.3 Å². The highest BCUT2D eigenvalue weighted by Gasteiger charge is 2.39. The van der Waals surface area contributed by atoms with Crippen molar-refractivity contribution >= 4 is 52.1 Å². The first-order valence-electron chi connectivity index (χ1n) is 10.8. The molecule has 2 aliphatic rings. The van der Waals surface area contributed by atoms with Crippen molar-refractivity contribution in [1.82, 2.24) is 14.8 Å². The minimum Gasteiger partial charge on any atom is -0.444 e. The molecule has 0 bridgehead atoms. The first-order valence-corrected chi connectivity index (χ1v) is 11.2. The number of nitrogens with zero attached hydrogens (tertiary/aromatic N) is 2. The number of anilines is 1. The minimum absolute atomic E-state index is 0.0538. The van der Waals surface area contributed by atoms with E-state index >= 15 is 0 Å². The Kier molecular flexibility index (Phi) is 5.49. The Morgan fingerprint density at radius 2 is 2.00 bits per heavy atom. The van der Waals surface area contributed by atoms with Gasteiger partial charge in [0.15, 0.2) is 0 Å². The predicted octanol–water partition coefficient (Wildman–Crippen LogP) is 3.94. The Morgan fingerprint density at radius 3 is 2.76 bits per heavy atom. The van der Waals surface area contributed by atoms with Crippen molar-refractivity contribution in [1.29, 1.82) is 0 Å². The summed E-state index contributed by atoms with van der Waals surface area (Å²) in [6.07, 6.45) is -0.0734. The zero-order valence-electron chi connectivity index (χ0n) is 18.3. The number of piperidine rings is 1. The molecule has 1 fully saturated rings. The molecule has 1 aromatic heterocycles. The van der Waals surface area contributed by atoms with E-state index in [1.165, 1.54) is 4.90 Å². The van der Waals surface area contributed by atoms with Crippen LogP contribution < -0.4 is 10.6 Å². The molecule has 1 atom stereocenters. The number of nitrogens with one attached hydrogen (secondary N) is 2. The Bertz CT molecular complexity index is 1360. The molecule has 0 spiro atoms. The fourth-order valence-electron chi connectivity index (χ4n) is 4.32. The molecule has 2 N–H and O–H groups in total. The Hall–Kier alpha value is -3.85. The van der Waals surface area contributed by atoms with Gasteiger partial charge in [-0.1, -0.05) is 23.7 Å². The normalized spacial score (nSPS) is 17.6. The molecular weight excluding hydrogens is 460 g/mol. The van der Waals surface area contributed by atoms with Crippen LogP contribution in [0.2, 0.25) is 5.02 Å². The van der Waals surface area contributed by atoms with Crippen LogP contribution in [-0.4, -0.2) is 39.4 Å². The SMILES string of the molecule is Cc1ccc(NC(=O)OCc2ccc3c(c2)cc2n3C(=O)N(C3CCC(=O)NC3=O)C2)cc1Cl. The zero-order chi connectivity index (χ0) is 24.0. The molecule has 4 amide bonds. The Balaban J connectivity index is 1.26. The highest BCUT2D eigenvalue weighted by Crippen LogP contribution is 2.30. The van der Waals surface area contributed by atoms with Gasteiger partial charge in [0.05, 0.1) is 12.1 Å². The van der Waals surface area contributed by atoms with Gasteiger partial charge in [-0.05, 0) is 54.8 Å². The largest absolute Gasteiger partial charge is 0.444 e. The third-order valence-corrected chi connectivity index (χ3v) is 6.49. The van der Waals surface area contributed by atoms with Crippen molar-refractivity contribution in [3.63, 3.8) is 0 Å². The topological polar surface area (TPSA) is 110 Å². The molecule has 3 heterocycles. The summed E-state index contributed by atoms with van der Waals surface area (Å²) in [7, 11) is 0. The van der Waals surface area contributed by atoms with Crippen molar-refractivity contribution in [3.8, 4) is 0 Å². The van der Waals surface area contributed by atoms with E-state index in [4.69, 9.17) is 16.3 Å². The van der Waals surface area contributed by atoms with E-state index in [0.29, 0.717) is 22.6 Å². The number of aromatic nitrogens is 1. The van der Waals surface area contributed by atoms with Crippen LogP contribution in [0.25, 0.3) is 10.9 Å². The van der Waals surface area contributed by atoms with Gasteiger partial charge >= 0.3 is 12.1 Å². The van der Waals surface area contributed by atoms with Crippen molar-refractivity contribution in [2.24, 2.45) is 0 Å². The smallest absolute Gasteiger partial charge is 0.411 e. The third kappa shape index (κ3) is 3.99. The Morgan fingerprint density at radius 1 is 1.18 bits per heavy atom. The molecule has 3 aromatic rings. The number of benzene rings is 2. The average Bonchev–Trinajstić information content (AvgIpc) is 3.30. The van der Waals surface area contributed by atoms with Gasteiger partial charge < -0.3 is 9.64 Å². The van der Waals surface area contributed by atoms with Gasteiger partial charge in [-0.25, -0.2) is 9.59 Å². The zero-order valence-corrected chi connectivity index (χ0v) is 19.0. The van der Waals surface area contributed by atoms with E-state index < -0.39 is 18.0 Å². The number of carbonyl (C=O) groups excluding carboxylic acids is 4. The van der Waals surface area contributed by atoms with E-state index in [2.05, 4.69) is 10.6 Å². The number of hydrogen-bond acceptors (Lipinski definition) is 5. The summed E-state index contributed by atoms with van der Waals surface area (Å²) in [5, 5.41) is 6.33. The lowest BCUT2D eigenvalue weighted by molar-refractivity contribution is -0.136. The first-order chi connectivity index (χ1) is 16.3. The first kappa shape index (κ1) is 22.0. The predicted molar refractivity (Wildman–Crippen MR) is 124 cm³/mol. The fourth-order valence-corrected chi connectivity index (χ4v) is 4.50. The maximum absolute atomic E-state index is 13.1. The number of imide groups is 1. The van der Waals surface area contributed by atoms with Crippen molar-refractivity contribution in [3.05, 3.63) is 64.3 Å². The second kappa shape index (κ2) is 8.49. The standard InChI is InChI=1S/C24H21ClN4O5/c1-13-2-4-16(10-18(13)25)26-23(32)34-12-14-3-5-19-15(8-14)9-17-11-28(24(33)29(17)19)20-6-7-21(30)27-22(20)31/h2-5,8-10,20H,6-7,11-12H2,1H3,(H,26,32)(H,27,30,31). The number of rotatable bonds is 4. The number of ether oxygens (including phenoxy) is 1. The van der Waals surface area contributed by atoms with E-state index in [-0.39, 0.29) is 31.5 Å². The number of fused-ring (bicyclic) bond motifs is 3. The molecule has 0 saturated carbocycles. The maximum atomic E-state index is 13.1. The number of amides is 4. The number of carbonyl (C=O) groups is 4. The minimum atomic E-state index is -0.658. The van der Waals surface area contributed by atoms with Crippen LogP contribution in [0.5, 0.6) is 0 Å². The van der Waals surface area contributed by atoms with Crippen molar-refractivity contribution in [2.45, 2.75) is 39.0 Å². The van der Waals surface area contributed by atoms with E-state index in [0.717, 1.165) is 22.2 Å². The molecule has 5 rings (SSSR count). The van der Waals surface area contributed by atoms with Gasteiger partial charge in [-0.3, -0.25) is 24.8 Å². The summed E-state index contributed by atoms with van der Waals surface area (Å²) < 4.78 is 6.90. The second-order valence-electron chi connectivity index (χ2n) is 8.41. The summed E-state index contributed by atoms with van der Waals surface area (Å²) in [5.41, 5.74) is 3.68. The van der Waals surface area contributed by atoms with Crippen LogP contribution in [0.1, 0.15) is 29.7 Å². The molecule has 34 heavy (non-hydrogen) atoms. The Labute approximate surface area is 199 Å². The number of aryl methyl sites for hydroxylation is 1. The molecular formula is C24H21ClN4O5. The van der Waals surface area contributed by atoms with Gasteiger partial charge in [0.1, 0.15) is 12.6 Å². The summed E-state index contributed by atoms with van der Waals surface area (Å²) >= 11 is 6.08. The van der Waals surface area contributed by atoms with Gasteiger partial charge in [-0.15, -0.1) is 0 Å². The van der Waals surface area contributed by atoms with E-state index in [9.17, 15) is 19.2 Å². The number of halogens is 1. The third-order valence-electron chi connectivity index (χ3n) is 6.09. The summed E-state index contributed by atoms with van der Waals surface area (Å²) in [5.74, 6) is -0.755. The molecule has 9 nitrogen and oxygen atoms in total. The lowest BCUT2D eigenvalue weighted by atomic mass is 10.0. The van der Waals surface area contributed by atoms with Crippen molar-refractivity contribution < 1.29 is 23.9 Å². The van der Waals surface area contributed by atoms with E-state index in [1.807, 2.05) is 19.1 Å². The van der Waals surface area contributed by atoms with Crippen LogP contribution in [-0.2, 0) is 27.5 Å². The van der Waals surface area contributed by atoms with Crippen LogP contribution in [0.3, 0.4) is 0 Å². The molecule has 0 aliphatic carbocycles. The van der Waals surface area contributed by atoms with Gasteiger partial charge in [0.25, 0.3) is 0 Å². The maximum Gasteiger partial charge on any atom is 0.411 e. The van der Waals surface area contributed by atoms with Gasteiger partial charge in [-0.2, -0.15) is 0 Å². The van der Waals surface area contributed by atoms with Crippen molar-refractivity contribution in [2.75, 3.05) is 5.32 Å². The average molecular weight is 481 g/mol. The van der Waals surface area contributed by atoms with Gasteiger partial charge in [0, 0.05) is 28.2 Å². The lowest BCUT2D eigenvalue weighted by Gasteiger charge is -2.28. The van der Waals surface area contributed by atoms with Crippen LogP contribution in [0.15, 0.2) is 42.5 Å². The van der Waals surface area contributed by atoms with Gasteiger partial charge in [0.2, 0.25) is 11.8 Å². The fraction of sp³-hybridized carbons (Fsp3) is 0.250. The molecule has 0 radical (unpaired) electrons. The van der Waals surface area contributed by atoms with Crippen LogP contribution >= 0.6 is 11.6 Å².